The predicted octanol–water partition coefficient (Wildman–Crippen LogP) is 1.39. The Labute approximate surface area is 111 Å². The Morgan fingerprint density at radius 2 is 2.44 bits per heavy atom. The molecule has 2 heterocycles. The van der Waals surface area contributed by atoms with Crippen LogP contribution in [0.25, 0.3) is 0 Å². The van der Waals surface area contributed by atoms with Crippen molar-refractivity contribution in [2.75, 3.05) is 19.6 Å². The summed E-state index contributed by atoms with van der Waals surface area (Å²) in [6.07, 6.45) is 1.04. The van der Waals surface area contributed by atoms with Gasteiger partial charge in [0.05, 0.1) is 5.69 Å². The lowest BCUT2D eigenvalue weighted by molar-refractivity contribution is -0.133. The molecule has 1 aromatic heterocycles. The van der Waals surface area contributed by atoms with E-state index in [-0.39, 0.29) is 11.9 Å². The Hall–Kier alpha value is -1.07. The lowest BCUT2D eigenvalue weighted by atomic mass is 10.1. The molecule has 0 aliphatic carbocycles. The van der Waals surface area contributed by atoms with Gasteiger partial charge < -0.3 is 14.7 Å². The van der Waals surface area contributed by atoms with Crippen molar-refractivity contribution >= 4 is 17.5 Å². The zero-order valence-corrected chi connectivity index (χ0v) is 11.5. The minimum Gasteiger partial charge on any atom is -0.344 e. The molecule has 18 heavy (non-hydrogen) atoms. The maximum absolute atomic E-state index is 12.1. The normalized spacial score (nSPS) is 20.2. The largest absolute Gasteiger partial charge is 0.344 e. The second-order valence-electron chi connectivity index (χ2n) is 4.66. The highest BCUT2D eigenvalue weighted by Gasteiger charge is 2.23. The van der Waals surface area contributed by atoms with Gasteiger partial charge in [0.1, 0.15) is 0 Å². The molecule has 100 valence electrons. The van der Waals surface area contributed by atoms with Crippen molar-refractivity contribution in [1.29, 1.82) is 0 Å². The first-order valence-electron chi connectivity index (χ1n) is 6.20. The number of carbonyl (C=O) groups excluding carboxylic acids is 1. The van der Waals surface area contributed by atoms with Crippen LogP contribution in [-0.2, 0) is 11.2 Å². The van der Waals surface area contributed by atoms with Crippen LogP contribution in [0.15, 0.2) is 4.52 Å². The molecule has 1 aliphatic rings. The molecule has 0 aromatic carbocycles. The van der Waals surface area contributed by atoms with E-state index in [1.165, 1.54) is 0 Å². The van der Waals surface area contributed by atoms with Gasteiger partial charge in [0, 0.05) is 37.7 Å². The highest BCUT2D eigenvalue weighted by Crippen LogP contribution is 2.21. The topological polar surface area (TPSA) is 58.4 Å². The first-order chi connectivity index (χ1) is 8.59. The van der Waals surface area contributed by atoms with Crippen LogP contribution in [0.5, 0.6) is 0 Å². The number of amides is 1. The Kier molecular flexibility index (Phi) is 4.24. The van der Waals surface area contributed by atoms with Crippen molar-refractivity contribution < 1.29 is 9.32 Å². The number of hydrogen-bond donors (Lipinski definition) is 1. The van der Waals surface area contributed by atoms with Crippen molar-refractivity contribution in [3.8, 4) is 0 Å². The zero-order chi connectivity index (χ0) is 13.1. The van der Waals surface area contributed by atoms with E-state index in [0.29, 0.717) is 18.1 Å². The number of aromatic nitrogens is 1. The van der Waals surface area contributed by atoms with Gasteiger partial charge in [0.15, 0.2) is 0 Å². The van der Waals surface area contributed by atoms with Gasteiger partial charge in [-0.3, -0.25) is 4.79 Å². The van der Waals surface area contributed by atoms with Crippen LogP contribution >= 0.6 is 11.6 Å². The van der Waals surface area contributed by atoms with Gasteiger partial charge in [0.25, 0.3) is 0 Å². The molecule has 1 atom stereocenters. The van der Waals surface area contributed by atoms with E-state index in [4.69, 9.17) is 16.1 Å². The molecular formula is C12H18ClN3O2. The molecule has 1 unspecified atom stereocenters. The summed E-state index contributed by atoms with van der Waals surface area (Å²) in [4.78, 5) is 14.1. The van der Waals surface area contributed by atoms with Crippen LogP contribution < -0.4 is 5.32 Å². The number of nitrogens with one attached hydrogen (secondary N) is 1. The third-order valence-electron chi connectivity index (χ3n) is 3.35. The number of piperazine rings is 1. The summed E-state index contributed by atoms with van der Waals surface area (Å²) < 4.78 is 4.87. The van der Waals surface area contributed by atoms with Crippen molar-refractivity contribution in [3.63, 3.8) is 0 Å². The molecule has 1 fully saturated rings. The van der Waals surface area contributed by atoms with Crippen molar-refractivity contribution in [2.45, 2.75) is 32.7 Å². The predicted molar refractivity (Wildman–Crippen MR) is 68.6 cm³/mol. The molecule has 5 nitrogen and oxygen atoms in total. The summed E-state index contributed by atoms with van der Waals surface area (Å²) in [6, 6.07) is 0.255. The molecule has 0 bridgehead atoms. The van der Waals surface area contributed by atoms with Gasteiger partial charge in [-0.15, -0.1) is 0 Å². The van der Waals surface area contributed by atoms with Crippen molar-refractivity contribution in [3.05, 3.63) is 16.5 Å². The van der Waals surface area contributed by atoms with Crippen molar-refractivity contribution in [1.82, 2.24) is 15.4 Å². The second kappa shape index (κ2) is 5.71. The van der Waals surface area contributed by atoms with Crippen LogP contribution in [0.2, 0.25) is 5.22 Å². The smallest absolute Gasteiger partial charge is 0.229 e. The molecule has 6 heteroatoms. The first kappa shape index (κ1) is 13.4. The number of aryl methyl sites for hydroxylation is 1. The summed E-state index contributed by atoms with van der Waals surface area (Å²) in [5.74, 6) is 0.167. The molecule has 0 spiro atoms. The number of rotatable bonds is 3. The second-order valence-corrected chi connectivity index (χ2v) is 5.00. The monoisotopic (exact) mass is 271 g/mol. The molecule has 1 amide bonds. The average molecular weight is 272 g/mol. The fourth-order valence-corrected chi connectivity index (χ4v) is 2.49. The summed E-state index contributed by atoms with van der Waals surface area (Å²) in [5, 5.41) is 7.35. The molecule has 0 radical (unpaired) electrons. The van der Waals surface area contributed by atoms with E-state index in [1.54, 1.807) is 0 Å². The van der Waals surface area contributed by atoms with Crippen LogP contribution in [0.3, 0.4) is 0 Å². The van der Waals surface area contributed by atoms with E-state index in [2.05, 4.69) is 17.4 Å². The molecule has 1 aliphatic heterocycles. The van der Waals surface area contributed by atoms with Crippen LogP contribution in [0.1, 0.15) is 24.6 Å². The Bertz CT molecular complexity index is 413. The van der Waals surface area contributed by atoms with E-state index in [1.807, 2.05) is 11.8 Å². The maximum atomic E-state index is 12.1. The lowest BCUT2D eigenvalue weighted by Gasteiger charge is -2.34. The fourth-order valence-electron chi connectivity index (χ4n) is 2.23. The third kappa shape index (κ3) is 2.84. The SMILES string of the molecule is Cc1noc(Cl)c1CCC(=O)N1CCNCC1C. The number of carbonyl (C=O) groups is 1. The highest BCUT2D eigenvalue weighted by atomic mass is 35.5. The summed E-state index contributed by atoms with van der Waals surface area (Å²) in [7, 11) is 0. The van der Waals surface area contributed by atoms with Crippen molar-refractivity contribution in [2.24, 2.45) is 0 Å². The molecule has 1 aromatic rings. The Balaban J connectivity index is 1.92. The van der Waals surface area contributed by atoms with Gasteiger partial charge in [-0.25, -0.2) is 0 Å². The minimum absolute atomic E-state index is 0.167. The van der Waals surface area contributed by atoms with Crippen LogP contribution in [-0.4, -0.2) is 41.6 Å². The summed E-state index contributed by atoms with van der Waals surface area (Å²) in [6.45, 7) is 6.39. The minimum atomic E-state index is 0.167. The van der Waals surface area contributed by atoms with Gasteiger partial charge in [0.2, 0.25) is 11.1 Å². The Morgan fingerprint density at radius 1 is 1.67 bits per heavy atom. The quantitative estimate of drug-likeness (QED) is 0.903. The summed E-state index contributed by atoms with van der Waals surface area (Å²) in [5.41, 5.74) is 1.61. The number of nitrogens with zero attached hydrogens (tertiary/aromatic N) is 2. The average Bonchev–Trinajstić information content (AvgIpc) is 2.67. The molecule has 2 rings (SSSR count). The van der Waals surface area contributed by atoms with E-state index in [9.17, 15) is 4.79 Å². The maximum Gasteiger partial charge on any atom is 0.229 e. The van der Waals surface area contributed by atoms with E-state index >= 15 is 0 Å². The molecule has 1 saturated heterocycles. The van der Waals surface area contributed by atoms with Gasteiger partial charge in [-0.1, -0.05) is 5.16 Å². The lowest BCUT2D eigenvalue weighted by Crippen LogP contribution is -2.52. The Morgan fingerprint density at radius 3 is 3.06 bits per heavy atom. The molecule has 1 N–H and O–H groups in total. The first-order valence-corrected chi connectivity index (χ1v) is 6.58. The fraction of sp³-hybridized carbons (Fsp3) is 0.667. The van der Waals surface area contributed by atoms with Gasteiger partial charge in [-0.05, 0) is 31.9 Å². The standard InChI is InChI=1S/C12H18ClN3O2/c1-8-7-14-5-6-16(8)11(17)4-3-10-9(2)15-18-12(10)13/h8,14H,3-7H2,1-2H3. The van der Waals surface area contributed by atoms with Gasteiger partial charge in [-0.2, -0.15) is 0 Å². The third-order valence-corrected chi connectivity index (χ3v) is 3.64. The van der Waals surface area contributed by atoms with Gasteiger partial charge >= 0.3 is 0 Å². The number of hydrogen-bond acceptors (Lipinski definition) is 4. The van der Waals surface area contributed by atoms with E-state index < -0.39 is 0 Å². The molecule has 0 saturated carbocycles. The van der Waals surface area contributed by atoms with Crippen LogP contribution in [0, 0.1) is 6.92 Å². The summed E-state index contributed by atoms with van der Waals surface area (Å²) >= 11 is 5.88. The van der Waals surface area contributed by atoms with E-state index in [0.717, 1.165) is 30.9 Å². The molecular weight excluding hydrogens is 254 g/mol. The number of halogens is 1. The zero-order valence-electron chi connectivity index (χ0n) is 10.7. The highest BCUT2D eigenvalue weighted by molar-refractivity contribution is 6.29. The van der Waals surface area contributed by atoms with Crippen LogP contribution in [0.4, 0.5) is 0 Å².